The zero-order valence-electron chi connectivity index (χ0n) is 14.1. The van der Waals surface area contributed by atoms with Gasteiger partial charge in [0.15, 0.2) is 5.06 Å². The number of thiophene rings is 1. The lowest BCUT2D eigenvalue weighted by molar-refractivity contribution is 0.0622. The molecule has 3 saturated heterocycles. The molecule has 0 aliphatic carbocycles. The van der Waals surface area contributed by atoms with Gasteiger partial charge in [-0.2, -0.15) is 0 Å². The van der Waals surface area contributed by atoms with Gasteiger partial charge in [-0.05, 0) is 50.0 Å². The van der Waals surface area contributed by atoms with Crippen molar-refractivity contribution in [3.05, 3.63) is 35.3 Å². The Bertz CT molecular complexity index is 738. The molecule has 1 atom stereocenters. The number of carbonyl (C=O) groups is 1. The molecule has 3 aliphatic rings. The van der Waals surface area contributed by atoms with Crippen LogP contribution in [0.15, 0.2) is 30.5 Å². The molecule has 6 nitrogen and oxygen atoms in total. The number of carbonyl (C=O) groups excluding carboxylic acids is 1. The predicted octanol–water partition coefficient (Wildman–Crippen LogP) is 2.77. The van der Waals surface area contributed by atoms with Gasteiger partial charge in [0.25, 0.3) is 5.91 Å². The highest BCUT2D eigenvalue weighted by Crippen LogP contribution is 2.31. The lowest BCUT2D eigenvalue weighted by atomic mass is 9.84. The van der Waals surface area contributed by atoms with E-state index in [4.69, 9.17) is 9.47 Å². The third-order valence-electron chi connectivity index (χ3n) is 4.91. The Labute approximate surface area is 150 Å². The molecule has 0 saturated carbocycles. The molecule has 3 fully saturated rings. The molecule has 3 aliphatic heterocycles. The minimum atomic E-state index is -0.00791. The molecule has 5 rings (SSSR count). The van der Waals surface area contributed by atoms with E-state index in [0.29, 0.717) is 27.5 Å². The number of amides is 1. The van der Waals surface area contributed by atoms with Crippen molar-refractivity contribution in [2.75, 3.05) is 26.7 Å². The summed E-state index contributed by atoms with van der Waals surface area (Å²) in [5.74, 6) is 1.77. The molecule has 25 heavy (non-hydrogen) atoms. The Kier molecular flexibility index (Phi) is 4.59. The number of fused-ring (bicyclic) bond motifs is 3. The minimum Gasteiger partial charge on any atom is -0.481 e. The van der Waals surface area contributed by atoms with E-state index in [-0.39, 0.29) is 11.9 Å². The van der Waals surface area contributed by atoms with Crippen molar-refractivity contribution in [3.8, 4) is 16.7 Å². The number of nitrogens with one attached hydrogen (secondary N) is 1. The highest BCUT2D eigenvalue weighted by molar-refractivity contribution is 7.15. The molecule has 2 aromatic rings. The van der Waals surface area contributed by atoms with Crippen LogP contribution in [0, 0.1) is 5.92 Å². The molecule has 1 N–H and O–H groups in total. The summed E-state index contributed by atoms with van der Waals surface area (Å²) in [7, 11) is 1.57. The number of nitrogens with zero attached hydrogens (tertiary/aromatic N) is 2. The second-order valence-corrected chi connectivity index (χ2v) is 7.52. The summed E-state index contributed by atoms with van der Waals surface area (Å²) >= 11 is 1.35. The first-order valence-corrected chi connectivity index (χ1v) is 9.34. The Hall–Kier alpha value is -2.12. The molecule has 0 unspecified atom stereocenters. The van der Waals surface area contributed by atoms with Crippen LogP contribution >= 0.6 is 11.3 Å². The number of methoxy groups -OCH3 is 1. The molecule has 2 aromatic heterocycles. The smallest absolute Gasteiger partial charge is 0.261 e. The maximum absolute atomic E-state index is 12.5. The monoisotopic (exact) mass is 359 g/mol. The van der Waals surface area contributed by atoms with Crippen LogP contribution in [0.2, 0.25) is 0 Å². The van der Waals surface area contributed by atoms with Crippen molar-refractivity contribution in [2.45, 2.75) is 18.9 Å². The van der Waals surface area contributed by atoms with Gasteiger partial charge in [-0.1, -0.05) is 11.3 Å². The van der Waals surface area contributed by atoms with E-state index in [1.54, 1.807) is 25.4 Å². The third-order valence-corrected chi connectivity index (χ3v) is 5.88. The van der Waals surface area contributed by atoms with Crippen LogP contribution in [0.1, 0.15) is 22.5 Å². The van der Waals surface area contributed by atoms with Crippen LogP contribution in [0.4, 0.5) is 0 Å². The number of aromatic nitrogens is 1. The summed E-state index contributed by atoms with van der Waals surface area (Å²) in [5.41, 5.74) is 0. The summed E-state index contributed by atoms with van der Waals surface area (Å²) in [6, 6.07) is 7.43. The van der Waals surface area contributed by atoms with Crippen LogP contribution in [0.5, 0.6) is 16.7 Å². The van der Waals surface area contributed by atoms with Crippen LogP contribution in [0.25, 0.3) is 0 Å². The first-order valence-electron chi connectivity index (χ1n) is 8.52. The van der Waals surface area contributed by atoms with E-state index in [2.05, 4.69) is 15.2 Å². The molecule has 7 heteroatoms. The van der Waals surface area contributed by atoms with Gasteiger partial charge < -0.3 is 19.7 Å². The minimum absolute atomic E-state index is 0.00791. The Morgan fingerprint density at radius 3 is 2.76 bits per heavy atom. The summed E-state index contributed by atoms with van der Waals surface area (Å²) in [6.07, 6.45) is 3.98. The van der Waals surface area contributed by atoms with E-state index in [0.717, 1.165) is 6.54 Å². The van der Waals surface area contributed by atoms with Crippen molar-refractivity contribution >= 4 is 17.2 Å². The number of rotatable bonds is 5. The standard InChI is InChI=1S/C18H21N3O3S/c1-23-16-4-2-13(10-19-16)24-17-5-3-15(25-17)18(22)20-14-11-21-8-6-12(14)7-9-21/h2-5,10,12,14H,6-9,11H2,1H3,(H,20,22)/t14-/m0/s1. The average molecular weight is 359 g/mol. The Morgan fingerprint density at radius 1 is 1.28 bits per heavy atom. The number of pyridine rings is 1. The summed E-state index contributed by atoms with van der Waals surface area (Å²) < 4.78 is 10.8. The van der Waals surface area contributed by atoms with Gasteiger partial charge in [0.1, 0.15) is 5.75 Å². The van der Waals surface area contributed by atoms with E-state index in [1.807, 2.05) is 12.1 Å². The van der Waals surface area contributed by atoms with Crippen molar-refractivity contribution in [1.29, 1.82) is 0 Å². The second-order valence-electron chi connectivity index (χ2n) is 6.47. The molecular formula is C18H21N3O3S. The number of piperidine rings is 3. The third kappa shape index (κ3) is 3.62. The predicted molar refractivity (Wildman–Crippen MR) is 95.6 cm³/mol. The highest BCUT2D eigenvalue weighted by Gasteiger charge is 2.35. The highest BCUT2D eigenvalue weighted by atomic mass is 32.1. The fourth-order valence-electron chi connectivity index (χ4n) is 3.53. The van der Waals surface area contributed by atoms with Crippen molar-refractivity contribution in [3.63, 3.8) is 0 Å². The first-order chi connectivity index (χ1) is 12.2. The average Bonchev–Trinajstić information content (AvgIpc) is 3.12. The summed E-state index contributed by atoms with van der Waals surface area (Å²) in [5, 5.41) is 3.88. The molecule has 5 heterocycles. The molecule has 2 bridgehead atoms. The number of hydrogen-bond acceptors (Lipinski definition) is 6. The zero-order valence-corrected chi connectivity index (χ0v) is 14.9. The van der Waals surface area contributed by atoms with Crippen LogP contribution in [0.3, 0.4) is 0 Å². The second kappa shape index (κ2) is 7.01. The SMILES string of the molecule is COc1ccc(Oc2ccc(C(=O)N[C@H]3CN4CCC3CC4)s2)cn1. The molecule has 0 spiro atoms. The number of hydrogen-bond donors (Lipinski definition) is 1. The molecule has 0 radical (unpaired) electrons. The Morgan fingerprint density at radius 2 is 2.12 bits per heavy atom. The van der Waals surface area contributed by atoms with E-state index in [9.17, 15) is 4.79 Å². The molecular weight excluding hydrogens is 338 g/mol. The van der Waals surface area contributed by atoms with Gasteiger partial charge in [-0.3, -0.25) is 4.79 Å². The van der Waals surface area contributed by atoms with Gasteiger partial charge >= 0.3 is 0 Å². The molecule has 0 aromatic carbocycles. The first kappa shape index (κ1) is 16.4. The van der Waals surface area contributed by atoms with Gasteiger partial charge in [-0.15, -0.1) is 0 Å². The normalized spacial score (nSPS) is 24.8. The lowest BCUT2D eigenvalue weighted by Crippen LogP contribution is -2.57. The maximum atomic E-state index is 12.5. The molecule has 132 valence electrons. The van der Waals surface area contributed by atoms with E-state index < -0.39 is 0 Å². The van der Waals surface area contributed by atoms with Gasteiger partial charge in [0.2, 0.25) is 5.88 Å². The number of ether oxygens (including phenoxy) is 2. The van der Waals surface area contributed by atoms with Gasteiger partial charge in [0.05, 0.1) is 18.2 Å². The summed E-state index contributed by atoms with van der Waals surface area (Å²) in [6.45, 7) is 3.32. The van der Waals surface area contributed by atoms with Gasteiger partial charge in [0, 0.05) is 18.7 Å². The van der Waals surface area contributed by atoms with Crippen LogP contribution in [-0.4, -0.2) is 48.6 Å². The van der Waals surface area contributed by atoms with Gasteiger partial charge in [-0.25, -0.2) is 4.98 Å². The maximum Gasteiger partial charge on any atom is 0.261 e. The van der Waals surface area contributed by atoms with Crippen molar-refractivity contribution < 1.29 is 14.3 Å². The van der Waals surface area contributed by atoms with Crippen molar-refractivity contribution in [1.82, 2.24) is 15.2 Å². The van der Waals surface area contributed by atoms with E-state index in [1.165, 1.54) is 37.3 Å². The molecule has 1 amide bonds. The largest absolute Gasteiger partial charge is 0.481 e. The summed E-state index contributed by atoms with van der Waals surface area (Å²) in [4.78, 5) is 19.8. The zero-order chi connectivity index (χ0) is 17.2. The van der Waals surface area contributed by atoms with Crippen molar-refractivity contribution in [2.24, 2.45) is 5.92 Å². The quantitative estimate of drug-likeness (QED) is 0.889. The fraction of sp³-hybridized carbons (Fsp3) is 0.444. The van der Waals surface area contributed by atoms with Crippen LogP contribution in [-0.2, 0) is 0 Å². The fourth-order valence-corrected chi connectivity index (χ4v) is 4.31. The van der Waals surface area contributed by atoms with E-state index >= 15 is 0 Å². The topological polar surface area (TPSA) is 63.7 Å². The van der Waals surface area contributed by atoms with Crippen LogP contribution < -0.4 is 14.8 Å². The lowest BCUT2D eigenvalue weighted by Gasteiger charge is -2.44. The Balaban J connectivity index is 1.37.